The van der Waals surface area contributed by atoms with Gasteiger partial charge in [-0.15, -0.1) is 0 Å². The minimum atomic E-state index is -3.57. The van der Waals surface area contributed by atoms with E-state index in [0.29, 0.717) is 32.5 Å². The first kappa shape index (κ1) is 21.7. The number of aromatic nitrogens is 1. The van der Waals surface area contributed by atoms with Gasteiger partial charge in [0.05, 0.1) is 0 Å². The Bertz CT molecular complexity index is 786. The Hall–Kier alpha value is -2.00. The molecule has 1 aromatic heterocycles. The number of carbonyl (C=O) groups excluding carboxylic acids is 2. The van der Waals surface area contributed by atoms with Crippen LogP contribution >= 0.6 is 0 Å². The molecule has 0 spiro atoms. The molecule has 0 atom stereocenters. The van der Waals surface area contributed by atoms with E-state index in [1.807, 2.05) is 0 Å². The number of piperidine rings is 1. The van der Waals surface area contributed by atoms with Crippen molar-refractivity contribution in [2.24, 2.45) is 5.92 Å². The van der Waals surface area contributed by atoms with Gasteiger partial charge in [-0.2, -0.15) is 4.31 Å². The summed E-state index contributed by atoms with van der Waals surface area (Å²) in [6, 6.07) is 3.40. The predicted octanol–water partition coefficient (Wildman–Crippen LogP) is 1.44. The maximum atomic E-state index is 12.6. The average molecular weight is 423 g/mol. The largest absolute Gasteiger partial charge is 0.355 e. The molecule has 0 aromatic carbocycles. The van der Waals surface area contributed by atoms with Crippen molar-refractivity contribution in [2.75, 3.05) is 19.6 Å². The molecule has 2 N–H and O–H groups in total. The van der Waals surface area contributed by atoms with E-state index >= 15 is 0 Å². The minimum Gasteiger partial charge on any atom is -0.355 e. The summed E-state index contributed by atoms with van der Waals surface area (Å²) in [5, 5.41) is 5.87. The Morgan fingerprint density at radius 1 is 1.10 bits per heavy atom. The van der Waals surface area contributed by atoms with Crippen LogP contribution in [0.4, 0.5) is 0 Å². The van der Waals surface area contributed by atoms with Crippen molar-refractivity contribution in [2.45, 2.75) is 62.3 Å². The molecule has 3 rings (SSSR count). The fourth-order valence-electron chi connectivity index (χ4n) is 4.00. The number of nitrogens with one attached hydrogen (secondary N) is 2. The van der Waals surface area contributed by atoms with E-state index in [-0.39, 0.29) is 35.1 Å². The Balaban J connectivity index is 1.38. The summed E-state index contributed by atoms with van der Waals surface area (Å²) in [7, 11) is -3.57. The SMILES string of the molecule is O=C(CCNC(=O)C1CCN(S(=O)(=O)c2cccnc2)CC1)NC1CCCCC1. The normalized spacial score (nSPS) is 19.6. The number of amides is 2. The van der Waals surface area contributed by atoms with Gasteiger partial charge < -0.3 is 10.6 Å². The zero-order valence-corrected chi connectivity index (χ0v) is 17.5. The molecule has 1 saturated carbocycles. The highest BCUT2D eigenvalue weighted by molar-refractivity contribution is 7.89. The molecule has 2 heterocycles. The third-order valence-electron chi connectivity index (χ3n) is 5.72. The van der Waals surface area contributed by atoms with Crippen LogP contribution < -0.4 is 10.6 Å². The lowest BCUT2D eigenvalue weighted by atomic mass is 9.95. The van der Waals surface area contributed by atoms with Gasteiger partial charge in [-0.25, -0.2) is 8.42 Å². The molecule has 2 fully saturated rings. The Morgan fingerprint density at radius 2 is 1.83 bits per heavy atom. The molecule has 1 aromatic rings. The van der Waals surface area contributed by atoms with Gasteiger partial charge in [-0.3, -0.25) is 14.6 Å². The Labute approximate surface area is 172 Å². The fraction of sp³-hybridized carbons (Fsp3) is 0.650. The van der Waals surface area contributed by atoms with Gasteiger partial charge in [0.15, 0.2) is 0 Å². The molecule has 0 radical (unpaired) electrons. The Kier molecular flexibility index (Phi) is 7.60. The number of pyridine rings is 1. The molecule has 2 amide bonds. The summed E-state index contributed by atoms with van der Waals surface area (Å²) in [4.78, 5) is 28.4. The first-order valence-electron chi connectivity index (χ1n) is 10.4. The van der Waals surface area contributed by atoms with Crippen LogP contribution in [0.15, 0.2) is 29.4 Å². The maximum Gasteiger partial charge on any atom is 0.244 e. The molecule has 2 aliphatic rings. The lowest BCUT2D eigenvalue weighted by molar-refractivity contribution is -0.126. The smallest absolute Gasteiger partial charge is 0.244 e. The maximum absolute atomic E-state index is 12.6. The van der Waals surface area contributed by atoms with E-state index in [0.717, 1.165) is 25.7 Å². The third kappa shape index (κ3) is 5.99. The molecule has 1 aliphatic heterocycles. The molecular weight excluding hydrogens is 392 g/mol. The first-order chi connectivity index (χ1) is 14.0. The number of carbonyl (C=O) groups is 2. The summed E-state index contributed by atoms with van der Waals surface area (Å²) < 4.78 is 26.6. The van der Waals surface area contributed by atoms with Gasteiger partial charge in [-0.1, -0.05) is 19.3 Å². The van der Waals surface area contributed by atoms with Crippen LogP contribution in [0.5, 0.6) is 0 Å². The molecule has 29 heavy (non-hydrogen) atoms. The fourth-order valence-corrected chi connectivity index (χ4v) is 5.43. The van der Waals surface area contributed by atoms with E-state index in [9.17, 15) is 18.0 Å². The lowest BCUT2D eigenvalue weighted by Gasteiger charge is -2.30. The van der Waals surface area contributed by atoms with E-state index < -0.39 is 10.0 Å². The minimum absolute atomic E-state index is 0.0189. The Morgan fingerprint density at radius 3 is 2.48 bits per heavy atom. The molecule has 0 bridgehead atoms. The number of rotatable bonds is 7. The highest BCUT2D eigenvalue weighted by atomic mass is 32.2. The topological polar surface area (TPSA) is 108 Å². The number of sulfonamides is 1. The average Bonchev–Trinajstić information content (AvgIpc) is 2.75. The van der Waals surface area contributed by atoms with E-state index in [2.05, 4.69) is 15.6 Å². The molecule has 1 saturated heterocycles. The molecule has 8 nitrogen and oxygen atoms in total. The second kappa shape index (κ2) is 10.2. The highest BCUT2D eigenvalue weighted by Gasteiger charge is 2.32. The molecule has 160 valence electrons. The number of hydrogen-bond acceptors (Lipinski definition) is 5. The molecule has 9 heteroatoms. The van der Waals surface area contributed by atoms with Crippen LogP contribution in [0.2, 0.25) is 0 Å². The van der Waals surface area contributed by atoms with Crippen molar-refractivity contribution in [3.8, 4) is 0 Å². The second-order valence-corrected chi connectivity index (χ2v) is 9.75. The standard InChI is InChI=1S/C20H30N4O4S/c25-19(23-17-5-2-1-3-6-17)8-12-22-20(26)16-9-13-24(14-10-16)29(27,28)18-7-4-11-21-15-18/h4,7,11,15-17H,1-3,5-6,8-10,12-14H2,(H,22,26)(H,23,25). The van der Waals surface area contributed by atoms with Crippen LogP contribution in [0.3, 0.4) is 0 Å². The number of hydrogen-bond donors (Lipinski definition) is 2. The van der Waals surface area contributed by atoms with Crippen molar-refractivity contribution in [3.05, 3.63) is 24.5 Å². The van der Waals surface area contributed by atoms with Crippen molar-refractivity contribution in [1.29, 1.82) is 0 Å². The van der Waals surface area contributed by atoms with Gasteiger partial charge in [0.1, 0.15) is 4.90 Å². The lowest BCUT2D eigenvalue weighted by Crippen LogP contribution is -2.43. The molecular formula is C20H30N4O4S. The molecule has 1 aliphatic carbocycles. The van der Waals surface area contributed by atoms with Crippen LogP contribution in [0.25, 0.3) is 0 Å². The summed E-state index contributed by atoms with van der Waals surface area (Å²) in [6.45, 7) is 0.917. The summed E-state index contributed by atoms with van der Waals surface area (Å²) in [5.74, 6) is -0.347. The van der Waals surface area contributed by atoms with E-state index in [1.165, 1.54) is 29.2 Å². The van der Waals surface area contributed by atoms with Crippen molar-refractivity contribution < 1.29 is 18.0 Å². The highest BCUT2D eigenvalue weighted by Crippen LogP contribution is 2.23. The van der Waals surface area contributed by atoms with Gasteiger partial charge in [-0.05, 0) is 37.8 Å². The van der Waals surface area contributed by atoms with Crippen molar-refractivity contribution in [3.63, 3.8) is 0 Å². The molecule has 0 unspecified atom stereocenters. The van der Waals surface area contributed by atoms with Crippen LogP contribution in [-0.2, 0) is 19.6 Å². The third-order valence-corrected chi connectivity index (χ3v) is 7.60. The van der Waals surface area contributed by atoms with Crippen LogP contribution in [0.1, 0.15) is 51.4 Å². The summed E-state index contributed by atoms with van der Waals surface area (Å²) >= 11 is 0. The quantitative estimate of drug-likeness (QED) is 0.691. The number of nitrogens with zero attached hydrogens (tertiary/aromatic N) is 2. The van der Waals surface area contributed by atoms with Gasteiger partial charge >= 0.3 is 0 Å². The van der Waals surface area contributed by atoms with Gasteiger partial charge in [0.25, 0.3) is 0 Å². The summed E-state index contributed by atoms with van der Waals surface area (Å²) in [6.07, 6.45) is 9.74. The van der Waals surface area contributed by atoms with Gasteiger partial charge in [0.2, 0.25) is 21.8 Å². The van der Waals surface area contributed by atoms with E-state index in [1.54, 1.807) is 6.07 Å². The van der Waals surface area contributed by atoms with Crippen molar-refractivity contribution in [1.82, 2.24) is 19.9 Å². The zero-order chi connectivity index (χ0) is 20.7. The van der Waals surface area contributed by atoms with Crippen LogP contribution in [0, 0.1) is 5.92 Å². The second-order valence-electron chi connectivity index (χ2n) is 7.81. The van der Waals surface area contributed by atoms with Crippen LogP contribution in [-0.4, -0.2) is 55.2 Å². The predicted molar refractivity (Wildman–Crippen MR) is 108 cm³/mol. The monoisotopic (exact) mass is 422 g/mol. The summed E-state index contributed by atoms with van der Waals surface area (Å²) in [5.41, 5.74) is 0. The zero-order valence-electron chi connectivity index (χ0n) is 16.7. The first-order valence-corrected chi connectivity index (χ1v) is 11.9. The van der Waals surface area contributed by atoms with E-state index in [4.69, 9.17) is 0 Å². The van der Waals surface area contributed by atoms with Crippen molar-refractivity contribution >= 4 is 21.8 Å². The van der Waals surface area contributed by atoms with Gasteiger partial charge in [0, 0.05) is 50.4 Å².